The Bertz CT molecular complexity index is 1230. The van der Waals surface area contributed by atoms with Crippen LogP contribution in [0.2, 0.25) is 0 Å². The predicted octanol–water partition coefficient (Wildman–Crippen LogP) is 4.03. The molecule has 1 atom stereocenters. The summed E-state index contributed by atoms with van der Waals surface area (Å²) < 4.78 is 66.8. The van der Waals surface area contributed by atoms with Gasteiger partial charge in [0.15, 0.2) is 0 Å². The van der Waals surface area contributed by atoms with Crippen LogP contribution in [-0.4, -0.2) is 29.1 Å². The first-order chi connectivity index (χ1) is 16.0. The third-order valence-electron chi connectivity index (χ3n) is 4.76. The van der Waals surface area contributed by atoms with E-state index in [1.165, 1.54) is 13.1 Å². The number of hydrogen-bond donors (Lipinski definition) is 4. The minimum absolute atomic E-state index is 0.0204. The lowest BCUT2D eigenvalue weighted by Gasteiger charge is -2.16. The molecule has 0 saturated carbocycles. The van der Waals surface area contributed by atoms with Gasteiger partial charge in [0.05, 0.1) is 5.75 Å². The maximum absolute atomic E-state index is 13.5. The van der Waals surface area contributed by atoms with E-state index in [9.17, 15) is 21.6 Å². The van der Waals surface area contributed by atoms with E-state index in [1.54, 1.807) is 36.4 Å². The van der Waals surface area contributed by atoms with Gasteiger partial charge in [-0.3, -0.25) is 4.72 Å². The molecule has 2 heterocycles. The van der Waals surface area contributed by atoms with Crippen LogP contribution in [0.1, 0.15) is 36.6 Å². The molecule has 13 heteroatoms. The average Bonchev–Trinajstić information content (AvgIpc) is 2.78. The normalized spacial score (nSPS) is 12.8. The van der Waals surface area contributed by atoms with Gasteiger partial charge in [0.1, 0.15) is 17.2 Å². The summed E-state index contributed by atoms with van der Waals surface area (Å²) in [4.78, 5) is 11.8. The van der Waals surface area contributed by atoms with Crippen molar-refractivity contribution < 1.29 is 21.6 Å². The van der Waals surface area contributed by atoms with Gasteiger partial charge in [-0.2, -0.15) is 18.2 Å². The number of sulfonamides is 1. The molecule has 0 aliphatic rings. The van der Waals surface area contributed by atoms with Crippen LogP contribution in [0.15, 0.2) is 48.8 Å². The van der Waals surface area contributed by atoms with Crippen molar-refractivity contribution in [3.05, 3.63) is 65.5 Å². The lowest BCUT2D eigenvalue weighted by Crippen LogP contribution is -2.18. The summed E-state index contributed by atoms with van der Waals surface area (Å²) in [6.07, 6.45) is -2.65. The Labute approximate surface area is 195 Å². The fraction of sp³-hybridized carbons (Fsp3) is 0.286. The van der Waals surface area contributed by atoms with E-state index in [2.05, 4.69) is 30.3 Å². The van der Waals surface area contributed by atoms with E-state index < -0.39 is 27.6 Å². The van der Waals surface area contributed by atoms with Crippen LogP contribution in [0, 0.1) is 0 Å². The molecule has 0 fully saturated rings. The van der Waals surface area contributed by atoms with Crippen molar-refractivity contribution >= 4 is 33.3 Å². The van der Waals surface area contributed by atoms with Crippen LogP contribution >= 0.6 is 0 Å². The smallest absolute Gasteiger partial charge is 0.365 e. The second-order valence-corrected chi connectivity index (χ2v) is 9.37. The maximum atomic E-state index is 13.5. The summed E-state index contributed by atoms with van der Waals surface area (Å²) in [5.74, 6) is -0.680. The van der Waals surface area contributed by atoms with Gasteiger partial charge in [0, 0.05) is 36.2 Å². The molecule has 0 bridgehead atoms. The molecule has 182 valence electrons. The van der Waals surface area contributed by atoms with Gasteiger partial charge in [-0.1, -0.05) is 18.2 Å². The SMILES string of the molecule is CCS(=O)(=O)Nc1ncccc1CNc1nc(Nc2ccc(C(C)N)cc2)ncc1C(F)(F)F. The van der Waals surface area contributed by atoms with Gasteiger partial charge in [-0.15, -0.1) is 0 Å². The summed E-state index contributed by atoms with van der Waals surface area (Å²) in [6.45, 7) is 3.12. The molecule has 5 N–H and O–H groups in total. The fourth-order valence-corrected chi connectivity index (χ4v) is 3.48. The van der Waals surface area contributed by atoms with Gasteiger partial charge < -0.3 is 16.4 Å². The quantitative estimate of drug-likeness (QED) is 0.350. The van der Waals surface area contributed by atoms with Gasteiger partial charge in [-0.25, -0.2) is 18.4 Å². The molecular formula is C21H24F3N7O2S. The van der Waals surface area contributed by atoms with Crippen LogP contribution < -0.4 is 21.1 Å². The number of pyridine rings is 1. The van der Waals surface area contributed by atoms with Gasteiger partial charge in [-0.05, 0) is 37.6 Å². The molecule has 2 aromatic heterocycles. The Morgan fingerprint density at radius 3 is 2.41 bits per heavy atom. The largest absolute Gasteiger partial charge is 0.421 e. The number of benzene rings is 1. The Hall–Kier alpha value is -3.45. The monoisotopic (exact) mass is 495 g/mol. The van der Waals surface area contributed by atoms with Crippen LogP contribution in [0.4, 0.5) is 36.4 Å². The zero-order valence-corrected chi connectivity index (χ0v) is 19.2. The summed E-state index contributed by atoms with van der Waals surface area (Å²) in [5, 5.41) is 5.49. The minimum atomic E-state index is -4.71. The Kier molecular flexibility index (Phi) is 7.57. The van der Waals surface area contributed by atoms with Crippen LogP contribution in [0.3, 0.4) is 0 Å². The molecule has 3 rings (SSSR count). The van der Waals surface area contributed by atoms with Crippen molar-refractivity contribution in [2.24, 2.45) is 5.73 Å². The molecule has 34 heavy (non-hydrogen) atoms. The van der Waals surface area contributed by atoms with E-state index in [0.717, 1.165) is 5.56 Å². The van der Waals surface area contributed by atoms with E-state index in [-0.39, 0.29) is 30.1 Å². The van der Waals surface area contributed by atoms with Gasteiger partial charge in [0.2, 0.25) is 16.0 Å². The van der Waals surface area contributed by atoms with E-state index in [1.807, 2.05) is 6.92 Å². The van der Waals surface area contributed by atoms with E-state index >= 15 is 0 Å². The number of rotatable bonds is 9. The summed E-state index contributed by atoms with van der Waals surface area (Å²) in [6, 6.07) is 9.94. The number of alkyl halides is 3. The Morgan fingerprint density at radius 2 is 1.79 bits per heavy atom. The molecular weight excluding hydrogens is 471 g/mol. The van der Waals surface area contributed by atoms with Crippen molar-refractivity contribution in [3.8, 4) is 0 Å². The zero-order chi connectivity index (χ0) is 24.9. The molecule has 0 aliphatic carbocycles. The molecule has 3 aromatic rings. The first kappa shape index (κ1) is 25.2. The molecule has 1 aromatic carbocycles. The molecule has 0 spiro atoms. The fourth-order valence-electron chi connectivity index (χ4n) is 2.85. The second-order valence-electron chi connectivity index (χ2n) is 7.36. The van der Waals surface area contributed by atoms with Crippen molar-refractivity contribution in [3.63, 3.8) is 0 Å². The van der Waals surface area contributed by atoms with Gasteiger partial charge >= 0.3 is 6.18 Å². The predicted molar refractivity (Wildman–Crippen MR) is 124 cm³/mol. The highest BCUT2D eigenvalue weighted by Crippen LogP contribution is 2.34. The molecule has 1 unspecified atom stereocenters. The Balaban J connectivity index is 1.86. The summed E-state index contributed by atoms with van der Waals surface area (Å²) in [5.41, 5.74) is 6.56. The van der Waals surface area contributed by atoms with E-state index in [4.69, 9.17) is 5.73 Å². The number of hydrogen-bond acceptors (Lipinski definition) is 8. The molecule has 0 radical (unpaired) electrons. The highest BCUT2D eigenvalue weighted by molar-refractivity contribution is 7.92. The number of halogens is 3. The number of aromatic nitrogens is 3. The third-order valence-corrected chi connectivity index (χ3v) is 6.02. The number of nitrogens with one attached hydrogen (secondary N) is 3. The lowest BCUT2D eigenvalue weighted by molar-refractivity contribution is -0.137. The number of nitrogens with two attached hydrogens (primary N) is 1. The van der Waals surface area contributed by atoms with Crippen LogP contribution in [-0.2, 0) is 22.7 Å². The van der Waals surface area contributed by atoms with Crippen molar-refractivity contribution in [2.45, 2.75) is 32.6 Å². The summed E-state index contributed by atoms with van der Waals surface area (Å²) in [7, 11) is -3.62. The highest BCUT2D eigenvalue weighted by atomic mass is 32.2. The zero-order valence-electron chi connectivity index (χ0n) is 18.4. The number of nitrogens with zero attached hydrogens (tertiary/aromatic N) is 3. The first-order valence-electron chi connectivity index (χ1n) is 10.2. The van der Waals surface area contributed by atoms with Crippen LogP contribution in [0.5, 0.6) is 0 Å². The van der Waals surface area contributed by atoms with Crippen LogP contribution in [0.25, 0.3) is 0 Å². The van der Waals surface area contributed by atoms with Gasteiger partial charge in [0.25, 0.3) is 0 Å². The molecule has 0 saturated heterocycles. The maximum Gasteiger partial charge on any atom is 0.421 e. The molecule has 0 amide bonds. The van der Waals surface area contributed by atoms with Crippen molar-refractivity contribution in [1.29, 1.82) is 0 Å². The summed E-state index contributed by atoms with van der Waals surface area (Å²) >= 11 is 0. The standard InChI is InChI=1S/C21H24F3N7O2S/c1-3-34(32,33)31-18-15(5-4-10-26-18)11-27-19-17(21(22,23)24)12-28-20(30-19)29-16-8-6-14(7-9-16)13(2)25/h4-10,12-13H,3,11,25H2,1-2H3,(H,26,31)(H2,27,28,29,30). The van der Waals surface area contributed by atoms with Crippen molar-refractivity contribution in [1.82, 2.24) is 15.0 Å². The van der Waals surface area contributed by atoms with E-state index in [0.29, 0.717) is 17.4 Å². The average molecular weight is 496 g/mol. The topological polar surface area (TPSA) is 135 Å². The lowest BCUT2D eigenvalue weighted by atomic mass is 10.1. The Morgan fingerprint density at radius 1 is 1.09 bits per heavy atom. The first-order valence-corrected chi connectivity index (χ1v) is 11.9. The second kappa shape index (κ2) is 10.2. The third kappa shape index (κ3) is 6.54. The van der Waals surface area contributed by atoms with Crippen molar-refractivity contribution in [2.75, 3.05) is 21.1 Å². The molecule has 9 nitrogen and oxygen atoms in total. The molecule has 0 aliphatic heterocycles. The highest BCUT2D eigenvalue weighted by Gasteiger charge is 2.35. The minimum Gasteiger partial charge on any atom is -0.365 e. The number of anilines is 4.